The largest absolute Gasteiger partial charge is 0.491 e. The van der Waals surface area contributed by atoms with Crippen molar-refractivity contribution >= 4 is 5.97 Å². The Labute approximate surface area is 100 Å². The molecule has 1 aromatic rings. The molecule has 0 bridgehead atoms. The molecule has 1 heterocycles. The standard InChI is InChI=1S/C12H17NO4/c1-9-5-6-10(11(13-9)12(14)15)17-8-4-3-7-16-2/h5-6H,3-4,7-8H2,1-2H3,(H,14,15). The van der Waals surface area contributed by atoms with Crippen LogP contribution in [0.2, 0.25) is 0 Å². The van der Waals surface area contributed by atoms with Gasteiger partial charge in [0.25, 0.3) is 0 Å². The van der Waals surface area contributed by atoms with Gasteiger partial charge in [-0.1, -0.05) is 0 Å². The molecule has 0 saturated heterocycles. The van der Waals surface area contributed by atoms with Crippen molar-refractivity contribution < 1.29 is 19.4 Å². The van der Waals surface area contributed by atoms with E-state index in [2.05, 4.69) is 4.98 Å². The lowest BCUT2D eigenvalue weighted by Gasteiger charge is -2.08. The van der Waals surface area contributed by atoms with Crippen molar-refractivity contribution in [2.75, 3.05) is 20.3 Å². The fraction of sp³-hybridized carbons (Fsp3) is 0.500. The number of hydrogen-bond acceptors (Lipinski definition) is 4. The molecule has 0 unspecified atom stereocenters. The molecule has 94 valence electrons. The molecule has 1 aromatic heterocycles. The van der Waals surface area contributed by atoms with Crippen LogP contribution in [0.25, 0.3) is 0 Å². The first kappa shape index (κ1) is 13.4. The number of carboxylic acids is 1. The number of carboxylic acid groups (broad SMARTS) is 1. The van der Waals surface area contributed by atoms with Crippen LogP contribution in [0.5, 0.6) is 5.75 Å². The number of methoxy groups -OCH3 is 1. The third-order valence-corrected chi connectivity index (χ3v) is 2.20. The first-order valence-electron chi connectivity index (χ1n) is 5.48. The van der Waals surface area contributed by atoms with Crippen LogP contribution in [0.3, 0.4) is 0 Å². The van der Waals surface area contributed by atoms with Crippen LogP contribution in [0.15, 0.2) is 12.1 Å². The van der Waals surface area contributed by atoms with E-state index in [-0.39, 0.29) is 5.69 Å². The number of rotatable bonds is 7. The second-order valence-electron chi connectivity index (χ2n) is 3.65. The lowest BCUT2D eigenvalue weighted by molar-refractivity contribution is 0.0684. The van der Waals surface area contributed by atoms with Gasteiger partial charge in [-0.25, -0.2) is 9.78 Å². The van der Waals surface area contributed by atoms with Gasteiger partial charge in [-0.2, -0.15) is 0 Å². The lowest BCUT2D eigenvalue weighted by atomic mass is 10.3. The number of ether oxygens (including phenoxy) is 2. The quantitative estimate of drug-likeness (QED) is 0.736. The molecule has 0 aromatic carbocycles. The molecule has 0 radical (unpaired) electrons. The second-order valence-corrected chi connectivity index (χ2v) is 3.65. The van der Waals surface area contributed by atoms with Crippen molar-refractivity contribution in [2.45, 2.75) is 19.8 Å². The molecule has 0 aliphatic carbocycles. The van der Waals surface area contributed by atoms with Gasteiger partial charge in [-0.05, 0) is 31.9 Å². The molecule has 0 amide bonds. The van der Waals surface area contributed by atoms with Gasteiger partial charge < -0.3 is 14.6 Å². The molecule has 0 fully saturated rings. The molecule has 0 atom stereocenters. The summed E-state index contributed by atoms with van der Waals surface area (Å²) in [6.07, 6.45) is 1.71. The summed E-state index contributed by atoms with van der Waals surface area (Å²) < 4.78 is 10.3. The summed E-state index contributed by atoms with van der Waals surface area (Å²) in [5.74, 6) is -0.749. The van der Waals surface area contributed by atoms with Gasteiger partial charge in [-0.15, -0.1) is 0 Å². The van der Waals surface area contributed by atoms with E-state index in [1.165, 1.54) is 0 Å². The number of aromatic nitrogens is 1. The van der Waals surface area contributed by atoms with E-state index >= 15 is 0 Å². The van der Waals surface area contributed by atoms with Crippen LogP contribution in [0, 0.1) is 6.92 Å². The van der Waals surface area contributed by atoms with Gasteiger partial charge >= 0.3 is 5.97 Å². The number of hydrogen-bond donors (Lipinski definition) is 1. The fourth-order valence-electron chi connectivity index (χ4n) is 1.34. The minimum absolute atomic E-state index is 0.0308. The van der Waals surface area contributed by atoms with Gasteiger partial charge in [0.15, 0.2) is 11.4 Å². The molecule has 0 saturated carbocycles. The zero-order valence-corrected chi connectivity index (χ0v) is 10.1. The van der Waals surface area contributed by atoms with Crippen LogP contribution in [-0.2, 0) is 4.74 Å². The minimum Gasteiger partial charge on any atom is -0.491 e. The van der Waals surface area contributed by atoms with Crippen LogP contribution in [-0.4, -0.2) is 36.4 Å². The third-order valence-electron chi connectivity index (χ3n) is 2.20. The van der Waals surface area contributed by atoms with Gasteiger partial charge in [0.1, 0.15) is 0 Å². The molecule has 0 aliphatic heterocycles. The average molecular weight is 239 g/mol. The predicted molar refractivity (Wildman–Crippen MR) is 62.5 cm³/mol. The highest BCUT2D eigenvalue weighted by Crippen LogP contribution is 2.17. The summed E-state index contributed by atoms with van der Waals surface area (Å²) >= 11 is 0. The van der Waals surface area contributed by atoms with Crippen LogP contribution in [0.4, 0.5) is 0 Å². The second kappa shape index (κ2) is 6.85. The predicted octanol–water partition coefficient (Wildman–Crippen LogP) is 1.89. The average Bonchev–Trinajstić information content (AvgIpc) is 2.30. The molecular weight excluding hydrogens is 222 g/mol. The van der Waals surface area contributed by atoms with Gasteiger partial charge in [-0.3, -0.25) is 0 Å². The Kier molecular flexibility index (Phi) is 5.42. The van der Waals surface area contributed by atoms with Crippen molar-refractivity contribution in [3.63, 3.8) is 0 Å². The Morgan fingerprint density at radius 2 is 2.06 bits per heavy atom. The maximum atomic E-state index is 10.9. The van der Waals surface area contributed by atoms with E-state index in [1.807, 2.05) is 0 Å². The van der Waals surface area contributed by atoms with E-state index in [4.69, 9.17) is 14.6 Å². The maximum absolute atomic E-state index is 10.9. The molecular formula is C12H17NO4. The normalized spacial score (nSPS) is 10.2. The van der Waals surface area contributed by atoms with E-state index in [9.17, 15) is 4.79 Å². The Bertz CT molecular complexity index is 379. The third kappa shape index (κ3) is 4.40. The highest BCUT2D eigenvalue weighted by atomic mass is 16.5. The first-order chi connectivity index (χ1) is 8.15. The van der Waals surface area contributed by atoms with Crippen molar-refractivity contribution in [1.29, 1.82) is 0 Å². The molecule has 1 rings (SSSR count). The SMILES string of the molecule is COCCCCOc1ccc(C)nc1C(=O)O. The number of aryl methyl sites for hydroxylation is 1. The van der Waals surface area contributed by atoms with Crippen LogP contribution >= 0.6 is 0 Å². The van der Waals surface area contributed by atoms with Gasteiger partial charge in [0.2, 0.25) is 0 Å². The number of carbonyl (C=O) groups is 1. The molecule has 0 spiro atoms. The Morgan fingerprint density at radius 3 is 2.71 bits per heavy atom. The van der Waals surface area contributed by atoms with Gasteiger partial charge in [0, 0.05) is 19.4 Å². The summed E-state index contributed by atoms with van der Waals surface area (Å²) in [6.45, 7) is 2.89. The number of pyridine rings is 1. The molecule has 5 heteroatoms. The smallest absolute Gasteiger partial charge is 0.358 e. The van der Waals surface area contributed by atoms with E-state index in [0.29, 0.717) is 24.7 Å². The fourth-order valence-corrected chi connectivity index (χ4v) is 1.34. The topological polar surface area (TPSA) is 68.7 Å². The highest BCUT2D eigenvalue weighted by Gasteiger charge is 2.13. The summed E-state index contributed by atoms with van der Waals surface area (Å²) in [5.41, 5.74) is 0.630. The Hall–Kier alpha value is -1.62. The molecule has 1 N–H and O–H groups in total. The maximum Gasteiger partial charge on any atom is 0.358 e. The van der Waals surface area contributed by atoms with Crippen molar-refractivity contribution in [2.24, 2.45) is 0 Å². The molecule has 0 aliphatic rings. The zero-order valence-electron chi connectivity index (χ0n) is 10.1. The van der Waals surface area contributed by atoms with E-state index in [1.54, 1.807) is 26.2 Å². The number of unbranched alkanes of at least 4 members (excludes halogenated alkanes) is 1. The van der Waals surface area contributed by atoms with Crippen molar-refractivity contribution in [1.82, 2.24) is 4.98 Å². The number of aromatic carboxylic acids is 1. The van der Waals surface area contributed by atoms with E-state index < -0.39 is 5.97 Å². The van der Waals surface area contributed by atoms with Crippen molar-refractivity contribution in [3.05, 3.63) is 23.5 Å². The summed E-state index contributed by atoms with van der Waals surface area (Å²) in [6, 6.07) is 3.37. The molecule has 17 heavy (non-hydrogen) atoms. The number of nitrogens with zero attached hydrogens (tertiary/aromatic N) is 1. The lowest BCUT2D eigenvalue weighted by Crippen LogP contribution is -2.08. The van der Waals surface area contributed by atoms with Gasteiger partial charge in [0.05, 0.1) is 6.61 Å². The minimum atomic E-state index is -1.07. The van der Waals surface area contributed by atoms with Crippen LogP contribution in [0.1, 0.15) is 29.0 Å². The zero-order chi connectivity index (χ0) is 12.7. The first-order valence-corrected chi connectivity index (χ1v) is 5.48. The van der Waals surface area contributed by atoms with E-state index in [0.717, 1.165) is 12.8 Å². The van der Waals surface area contributed by atoms with Crippen molar-refractivity contribution in [3.8, 4) is 5.75 Å². The summed E-state index contributed by atoms with van der Waals surface area (Å²) in [7, 11) is 1.65. The Morgan fingerprint density at radius 1 is 1.35 bits per heavy atom. The highest BCUT2D eigenvalue weighted by molar-refractivity contribution is 5.88. The summed E-state index contributed by atoms with van der Waals surface area (Å²) in [4.78, 5) is 14.9. The monoisotopic (exact) mass is 239 g/mol. The Balaban J connectivity index is 2.55. The van der Waals surface area contributed by atoms with Crippen LogP contribution < -0.4 is 4.74 Å². The molecule has 5 nitrogen and oxygen atoms in total. The summed E-state index contributed by atoms with van der Waals surface area (Å²) in [5, 5.41) is 8.97.